The van der Waals surface area contributed by atoms with Crippen LogP contribution in [0.1, 0.15) is 26.2 Å². The maximum atomic E-state index is 12.4. The number of aromatic nitrogens is 3. The Morgan fingerprint density at radius 2 is 2.00 bits per heavy atom. The van der Waals surface area contributed by atoms with Gasteiger partial charge in [-0.2, -0.15) is 9.78 Å². The van der Waals surface area contributed by atoms with E-state index in [-0.39, 0.29) is 5.56 Å². The fraction of sp³-hybridized carbons (Fsp3) is 0.348. The maximum Gasteiger partial charge on any atom is 0.273 e. The Kier molecular flexibility index (Phi) is 6.00. The summed E-state index contributed by atoms with van der Waals surface area (Å²) in [7, 11) is 0. The van der Waals surface area contributed by atoms with Gasteiger partial charge in [0, 0.05) is 30.4 Å². The molecule has 0 N–H and O–H groups in total. The second kappa shape index (κ2) is 9.01. The van der Waals surface area contributed by atoms with E-state index < -0.39 is 0 Å². The SMILES string of the molecule is C[C@H]1CCCN1CCCOc1ccc(-c2cnn(-c3ccccn3)c(=O)c2)cc1. The third-order valence-corrected chi connectivity index (χ3v) is 5.40. The van der Waals surface area contributed by atoms with Crippen LogP contribution in [0.2, 0.25) is 0 Å². The van der Waals surface area contributed by atoms with Crippen LogP contribution >= 0.6 is 0 Å². The van der Waals surface area contributed by atoms with Crippen molar-refractivity contribution in [3.05, 3.63) is 71.3 Å². The molecule has 0 amide bonds. The highest BCUT2D eigenvalue weighted by Crippen LogP contribution is 2.21. The van der Waals surface area contributed by atoms with Gasteiger partial charge >= 0.3 is 0 Å². The predicted molar refractivity (Wildman–Crippen MR) is 113 cm³/mol. The van der Waals surface area contributed by atoms with Crippen LogP contribution in [0, 0.1) is 0 Å². The summed E-state index contributed by atoms with van der Waals surface area (Å²) in [5.41, 5.74) is 1.50. The maximum absolute atomic E-state index is 12.4. The first-order valence-electron chi connectivity index (χ1n) is 10.2. The van der Waals surface area contributed by atoms with Crippen molar-refractivity contribution in [2.45, 2.75) is 32.2 Å². The third-order valence-electron chi connectivity index (χ3n) is 5.40. The first-order valence-corrected chi connectivity index (χ1v) is 10.2. The molecule has 1 fully saturated rings. The second-order valence-electron chi connectivity index (χ2n) is 7.44. The Hall–Kier alpha value is -2.99. The zero-order valence-electron chi connectivity index (χ0n) is 16.7. The molecule has 6 heteroatoms. The molecule has 4 rings (SSSR count). The van der Waals surface area contributed by atoms with Crippen molar-refractivity contribution >= 4 is 0 Å². The summed E-state index contributed by atoms with van der Waals surface area (Å²) < 4.78 is 7.17. The molecule has 3 aromatic rings. The number of rotatable bonds is 7. The van der Waals surface area contributed by atoms with Crippen LogP contribution in [0.5, 0.6) is 5.75 Å². The molecular formula is C23H26N4O2. The van der Waals surface area contributed by atoms with E-state index >= 15 is 0 Å². The minimum absolute atomic E-state index is 0.210. The highest BCUT2D eigenvalue weighted by Gasteiger charge is 2.19. The molecule has 1 saturated heterocycles. The van der Waals surface area contributed by atoms with E-state index in [4.69, 9.17) is 4.74 Å². The van der Waals surface area contributed by atoms with E-state index in [1.807, 2.05) is 30.3 Å². The topological polar surface area (TPSA) is 60.2 Å². The third kappa shape index (κ3) is 4.71. The van der Waals surface area contributed by atoms with Crippen molar-refractivity contribution < 1.29 is 4.74 Å². The fourth-order valence-electron chi connectivity index (χ4n) is 3.74. The zero-order chi connectivity index (χ0) is 20.1. The number of ether oxygens (including phenoxy) is 1. The second-order valence-corrected chi connectivity index (χ2v) is 7.44. The van der Waals surface area contributed by atoms with Crippen molar-refractivity contribution in [2.75, 3.05) is 19.7 Å². The van der Waals surface area contributed by atoms with Crippen LogP contribution in [0.25, 0.3) is 16.9 Å². The van der Waals surface area contributed by atoms with Gasteiger partial charge in [0.25, 0.3) is 5.56 Å². The summed E-state index contributed by atoms with van der Waals surface area (Å²) in [5, 5.41) is 4.26. The van der Waals surface area contributed by atoms with Crippen LogP contribution in [-0.2, 0) is 0 Å². The van der Waals surface area contributed by atoms with Crippen LogP contribution < -0.4 is 10.3 Å². The lowest BCUT2D eigenvalue weighted by molar-refractivity contribution is 0.230. The standard InChI is InChI=1S/C23H26N4O2/c1-18-6-4-13-26(18)14-5-15-29-21-10-8-19(9-11-21)20-16-23(28)27(25-17-20)22-7-2-3-12-24-22/h2-3,7-12,16-18H,4-6,13-15H2,1H3/t18-/m0/s1. The molecule has 0 aliphatic carbocycles. The van der Waals surface area contributed by atoms with Gasteiger partial charge in [0.05, 0.1) is 12.8 Å². The molecule has 150 valence electrons. The van der Waals surface area contributed by atoms with E-state index in [1.165, 1.54) is 24.1 Å². The molecule has 0 unspecified atom stereocenters. The number of hydrogen-bond donors (Lipinski definition) is 0. The fourth-order valence-corrected chi connectivity index (χ4v) is 3.74. The highest BCUT2D eigenvalue weighted by atomic mass is 16.5. The van der Waals surface area contributed by atoms with Gasteiger partial charge in [0.1, 0.15) is 5.75 Å². The highest BCUT2D eigenvalue weighted by molar-refractivity contribution is 5.62. The molecule has 3 heterocycles. The number of likely N-dealkylation sites (tertiary alicyclic amines) is 1. The van der Waals surface area contributed by atoms with Gasteiger partial charge in [-0.05, 0) is 62.6 Å². The van der Waals surface area contributed by atoms with E-state index in [9.17, 15) is 4.79 Å². The van der Waals surface area contributed by atoms with Crippen molar-refractivity contribution in [1.29, 1.82) is 0 Å². The molecule has 0 spiro atoms. The lowest BCUT2D eigenvalue weighted by Crippen LogP contribution is -2.28. The van der Waals surface area contributed by atoms with E-state index in [1.54, 1.807) is 30.6 Å². The zero-order valence-corrected chi connectivity index (χ0v) is 16.7. The van der Waals surface area contributed by atoms with Gasteiger partial charge in [0.15, 0.2) is 5.82 Å². The summed E-state index contributed by atoms with van der Waals surface area (Å²) in [6.07, 6.45) is 6.97. The van der Waals surface area contributed by atoms with E-state index in [0.29, 0.717) is 18.5 Å². The normalized spacial score (nSPS) is 16.8. The first kappa shape index (κ1) is 19.3. The van der Waals surface area contributed by atoms with Crippen LogP contribution in [-0.4, -0.2) is 45.4 Å². The minimum Gasteiger partial charge on any atom is -0.494 e. The quantitative estimate of drug-likeness (QED) is 0.578. The number of nitrogens with zero attached hydrogens (tertiary/aromatic N) is 4. The Balaban J connectivity index is 1.35. The summed E-state index contributed by atoms with van der Waals surface area (Å²) in [5.74, 6) is 1.36. The number of hydrogen-bond acceptors (Lipinski definition) is 5. The summed E-state index contributed by atoms with van der Waals surface area (Å²) >= 11 is 0. The summed E-state index contributed by atoms with van der Waals surface area (Å²) in [6, 6.07) is 15.5. The van der Waals surface area contributed by atoms with Crippen molar-refractivity contribution in [3.8, 4) is 22.7 Å². The molecule has 0 radical (unpaired) electrons. The monoisotopic (exact) mass is 390 g/mol. The number of pyridine rings is 1. The van der Waals surface area contributed by atoms with Crippen LogP contribution in [0.3, 0.4) is 0 Å². The minimum atomic E-state index is -0.210. The van der Waals surface area contributed by atoms with Crippen molar-refractivity contribution in [3.63, 3.8) is 0 Å². The lowest BCUT2D eigenvalue weighted by Gasteiger charge is -2.20. The molecule has 0 bridgehead atoms. The largest absolute Gasteiger partial charge is 0.494 e. The van der Waals surface area contributed by atoms with Crippen molar-refractivity contribution in [2.24, 2.45) is 0 Å². The average Bonchev–Trinajstić information content (AvgIpc) is 3.17. The Labute approximate surface area is 170 Å². The molecule has 0 saturated carbocycles. The van der Waals surface area contributed by atoms with Gasteiger partial charge < -0.3 is 9.64 Å². The summed E-state index contributed by atoms with van der Waals surface area (Å²) in [4.78, 5) is 19.1. The Morgan fingerprint density at radius 3 is 2.69 bits per heavy atom. The van der Waals surface area contributed by atoms with Gasteiger partial charge in [-0.25, -0.2) is 4.98 Å². The molecule has 2 aromatic heterocycles. The van der Waals surface area contributed by atoms with Crippen molar-refractivity contribution in [1.82, 2.24) is 19.7 Å². The predicted octanol–water partition coefficient (Wildman–Crippen LogP) is 3.55. The van der Waals surface area contributed by atoms with Gasteiger partial charge in [-0.15, -0.1) is 0 Å². The molecular weight excluding hydrogens is 364 g/mol. The molecule has 1 atom stereocenters. The van der Waals surface area contributed by atoms with Gasteiger partial charge in [-0.3, -0.25) is 4.79 Å². The van der Waals surface area contributed by atoms with Gasteiger partial charge in [-0.1, -0.05) is 18.2 Å². The van der Waals surface area contributed by atoms with E-state index in [0.717, 1.165) is 29.8 Å². The lowest BCUT2D eigenvalue weighted by atomic mass is 10.1. The smallest absolute Gasteiger partial charge is 0.273 e. The molecule has 1 aliphatic rings. The van der Waals surface area contributed by atoms with Gasteiger partial charge in [0.2, 0.25) is 0 Å². The Morgan fingerprint density at radius 1 is 1.14 bits per heavy atom. The molecule has 1 aliphatic heterocycles. The Bertz CT molecular complexity index is 986. The molecule has 1 aromatic carbocycles. The molecule has 29 heavy (non-hydrogen) atoms. The number of benzene rings is 1. The first-order chi connectivity index (χ1) is 14.2. The molecule has 6 nitrogen and oxygen atoms in total. The van der Waals surface area contributed by atoms with E-state index in [2.05, 4.69) is 21.9 Å². The van der Waals surface area contributed by atoms with Crippen LogP contribution in [0.4, 0.5) is 0 Å². The average molecular weight is 390 g/mol. The summed E-state index contributed by atoms with van der Waals surface area (Å²) in [6.45, 7) is 5.32. The van der Waals surface area contributed by atoms with Crippen LogP contribution in [0.15, 0.2) is 65.7 Å².